The molecule has 0 saturated carbocycles. The number of hydrogen-bond acceptors (Lipinski definition) is 4. The lowest BCUT2D eigenvalue weighted by atomic mass is 10.2. The molecule has 17 heavy (non-hydrogen) atoms. The number of aromatic carboxylic acids is 1. The maximum Gasteiger partial charge on any atom is 0.337 e. The van der Waals surface area contributed by atoms with Gasteiger partial charge in [-0.2, -0.15) is 5.10 Å². The van der Waals surface area contributed by atoms with Crippen molar-refractivity contribution in [2.75, 3.05) is 5.32 Å². The van der Waals surface area contributed by atoms with Gasteiger partial charge in [-0.1, -0.05) is 17.7 Å². The second kappa shape index (κ2) is 4.61. The third-order valence-electron chi connectivity index (χ3n) is 2.23. The van der Waals surface area contributed by atoms with Crippen LogP contribution in [0.5, 0.6) is 0 Å². The van der Waals surface area contributed by atoms with E-state index in [0.717, 1.165) is 11.3 Å². The summed E-state index contributed by atoms with van der Waals surface area (Å²) in [5, 5.41) is 19.2. The molecular weight excluding hydrogens is 218 g/mol. The van der Waals surface area contributed by atoms with Crippen LogP contribution < -0.4 is 5.32 Å². The van der Waals surface area contributed by atoms with Gasteiger partial charge in [0.2, 0.25) is 0 Å². The molecule has 0 bridgehead atoms. The zero-order chi connectivity index (χ0) is 12.3. The fourth-order valence-electron chi connectivity index (χ4n) is 1.33. The summed E-state index contributed by atoms with van der Waals surface area (Å²) in [6.45, 7) is 1.99. The van der Waals surface area contributed by atoms with Gasteiger partial charge in [0.25, 0.3) is 0 Å². The number of carbonyl (C=O) groups is 1. The first-order valence-electron chi connectivity index (χ1n) is 5.05. The van der Waals surface area contributed by atoms with Gasteiger partial charge in [0.05, 0.1) is 11.8 Å². The van der Waals surface area contributed by atoms with E-state index in [1.165, 1.54) is 12.3 Å². The molecule has 0 spiro atoms. The Labute approximate surface area is 98.1 Å². The molecule has 86 valence electrons. The van der Waals surface area contributed by atoms with Crippen molar-refractivity contribution in [2.45, 2.75) is 6.92 Å². The summed E-state index contributed by atoms with van der Waals surface area (Å²) >= 11 is 0. The average Bonchev–Trinajstić information content (AvgIpc) is 2.32. The number of rotatable bonds is 3. The summed E-state index contributed by atoms with van der Waals surface area (Å²) in [5.41, 5.74) is 2.10. The lowest BCUT2D eigenvalue weighted by molar-refractivity contribution is 0.0696. The maximum absolute atomic E-state index is 10.8. The maximum atomic E-state index is 10.8. The van der Waals surface area contributed by atoms with Crippen molar-refractivity contribution >= 4 is 17.5 Å². The van der Waals surface area contributed by atoms with Gasteiger partial charge in [0.15, 0.2) is 5.82 Å². The molecule has 1 heterocycles. The number of aryl methyl sites for hydroxylation is 1. The molecule has 0 fully saturated rings. The molecule has 1 aromatic carbocycles. The van der Waals surface area contributed by atoms with E-state index >= 15 is 0 Å². The highest BCUT2D eigenvalue weighted by Gasteiger charge is 2.05. The van der Waals surface area contributed by atoms with Crippen molar-refractivity contribution < 1.29 is 9.90 Å². The lowest BCUT2D eigenvalue weighted by Crippen LogP contribution is -2.01. The molecule has 5 nitrogen and oxygen atoms in total. The first kappa shape index (κ1) is 11.1. The van der Waals surface area contributed by atoms with Crippen molar-refractivity contribution in [3.05, 3.63) is 47.7 Å². The Hall–Kier alpha value is -2.43. The van der Waals surface area contributed by atoms with Crippen LogP contribution in [0, 0.1) is 6.92 Å². The second-order valence-corrected chi connectivity index (χ2v) is 3.63. The number of nitrogens with zero attached hydrogens (tertiary/aromatic N) is 2. The lowest BCUT2D eigenvalue weighted by Gasteiger charge is -2.05. The Balaban J connectivity index is 2.21. The van der Waals surface area contributed by atoms with E-state index in [4.69, 9.17) is 5.11 Å². The fourth-order valence-corrected chi connectivity index (χ4v) is 1.33. The SMILES string of the molecule is Cc1ccc(Nc2cc(C(=O)O)cnn2)cc1. The van der Waals surface area contributed by atoms with Crippen LogP contribution in [0.25, 0.3) is 0 Å². The monoisotopic (exact) mass is 229 g/mol. The predicted octanol–water partition coefficient (Wildman–Crippen LogP) is 2.23. The zero-order valence-corrected chi connectivity index (χ0v) is 9.21. The number of aromatic nitrogens is 2. The van der Waals surface area contributed by atoms with Crippen molar-refractivity contribution in [3.8, 4) is 0 Å². The molecule has 0 saturated heterocycles. The third-order valence-corrected chi connectivity index (χ3v) is 2.23. The van der Waals surface area contributed by atoms with Crippen LogP contribution in [0.2, 0.25) is 0 Å². The molecule has 2 aromatic rings. The van der Waals surface area contributed by atoms with Crippen LogP contribution >= 0.6 is 0 Å². The molecule has 0 amide bonds. The molecule has 0 aliphatic rings. The Morgan fingerprint density at radius 2 is 2.00 bits per heavy atom. The van der Waals surface area contributed by atoms with Gasteiger partial charge in [-0.15, -0.1) is 5.10 Å². The van der Waals surface area contributed by atoms with Crippen molar-refractivity contribution in [3.63, 3.8) is 0 Å². The van der Waals surface area contributed by atoms with Crippen molar-refractivity contribution in [1.82, 2.24) is 10.2 Å². The molecule has 0 radical (unpaired) electrons. The smallest absolute Gasteiger partial charge is 0.337 e. The number of carboxylic acids is 1. The number of nitrogens with one attached hydrogen (secondary N) is 1. The van der Waals surface area contributed by atoms with Gasteiger partial charge in [0.1, 0.15) is 0 Å². The Morgan fingerprint density at radius 3 is 2.65 bits per heavy atom. The second-order valence-electron chi connectivity index (χ2n) is 3.63. The minimum Gasteiger partial charge on any atom is -0.478 e. The minimum atomic E-state index is -1.02. The molecule has 2 N–H and O–H groups in total. The molecule has 1 aromatic heterocycles. The predicted molar refractivity (Wildman–Crippen MR) is 63.5 cm³/mol. The summed E-state index contributed by atoms with van der Waals surface area (Å²) in [5.74, 6) is -0.611. The highest BCUT2D eigenvalue weighted by Crippen LogP contribution is 2.15. The summed E-state index contributed by atoms with van der Waals surface area (Å²) in [6, 6.07) is 9.14. The van der Waals surface area contributed by atoms with Gasteiger partial charge in [0, 0.05) is 5.69 Å². The molecule has 0 unspecified atom stereocenters. The van der Waals surface area contributed by atoms with Crippen LogP contribution in [0.15, 0.2) is 36.5 Å². The van der Waals surface area contributed by atoms with Crippen LogP contribution in [0.3, 0.4) is 0 Å². The highest BCUT2D eigenvalue weighted by atomic mass is 16.4. The van der Waals surface area contributed by atoms with E-state index in [2.05, 4.69) is 15.5 Å². The van der Waals surface area contributed by atoms with Crippen molar-refractivity contribution in [1.29, 1.82) is 0 Å². The summed E-state index contributed by atoms with van der Waals surface area (Å²) in [6.07, 6.45) is 1.21. The standard InChI is InChI=1S/C12H11N3O2/c1-8-2-4-10(5-3-8)14-11-6-9(12(16)17)7-13-15-11/h2-7H,1H3,(H,14,15)(H,16,17). The summed E-state index contributed by atoms with van der Waals surface area (Å²) in [4.78, 5) is 10.8. The average molecular weight is 229 g/mol. The number of anilines is 2. The third kappa shape index (κ3) is 2.78. The van der Waals surface area contributed by atoms with Gasteiger partial charge in [-0.25, -0.2) is 4.79 Å². The Kier molecular flexibility index (Phi) is 3.00. The van der Waals surface area contributed by atoms with Crippen LogP contribution in [0.1, 0.15) is 15.9 Å². The molecule has 0 aliphatic carbocycles. The first-order chi connectivity index (χ1) is 8.15. The largest absolute Gasteiger partial charge is 0.478 e. The van der Waals surface area contributed by atoms with Gasteiger partial charge < -0.3 is 10.4 Å². The Morgan fingerprint density at radius 1 is 1.29 bits per heavy atom. The van der Waals surface area contributed by atoms with Gasteiger partial charge in [-0.3, -0.25) is 0 Å². The van der Waals surface area contributed by atoms with E-state index in [1.54, 1.807) is 0 Å². The fraction of sp³-hybridized carbons (Fsp3) is 0.0833. The molecule has 2 rings (SSSR count). The molecule has 5 heteroatoms. The zero-order valence-electron chi connectivity index (χ0n) is 9.21. The van der Waals surface area contributed by atoms with E-state index in [-0.39, 0.29) is 5.56 Å². The summed E-state index contributed by atoms with van der Waals surface area (Å²) in [7, 11) is 0. The van der Waals surface area contributed by atoms with Gasteiger partial charge in [-0.05, 0) is 25.1 Å². The molecule has 0 atom stereocenters. The number of hydrogen-bond donors (Lipinski definition) is 2. The van der Waals surface area contributed by atoms with Crippen LogP contribution in [0.4, 0.5) is 11.5 Å². The molecule has 0 aliphatic heterocycles. The Bertz CT molecular complexity index is 538. The normalized spacial score (nSPS) is 9.94. The topological polar surface area (TPSA) is 75.1 Å². The van der Waals surface area contributed by atoms with Crippen LogP contribution in [-0.4, -0.2) is 21.3 Å². The van der Waals surface area contributed by atoms with Crippen LogP contribution in [-0.2, 0) is 0 Å². The van der Waals surface area contributed by atoms with E-state index in [1.807, 2.05) is 31.2 Å². The highest BCUT2D eigenvalue weighted by molar-refractivity contribution is 5.88. The van der Waals surface area contributed by atoms with E-state index in [0.29, 0.717) is 5.82 Å². The number of benzene rings is 1. The molecular formula is C12H11N3O2. The van der Waals surface area contributed by atoms with Gasteiger partial charge >= 0.3 is 5.97 Å². The van der Waals surface area contributed by atoms with E-state index < -0.39 is 5.97 Å². The minimum absolute atomic E-state index is 0.106. The van der Waals surface area contributed by atoms with Crippen molar-refractivity contribution in [2.24, 2.45) is 0 Å². The van der Waals surface area contributed by atoms with E-state index in [9.17, 15) is 4.79 Å². The first-order valence-corrected chi connectivity index (χ1v) is 5.05. The quantitative estimate of drug-likeness (QED) is 0.844. The summed E-state index contributed by atoms with van der Waals surface area (Å²) < 4.78 is 0. The number of carboxylic acid groups (broad SMARTS) is 1.